The number of carbonyl (C=O) groups is 4. The first-order valence-corrected chi connectivity index (χ1v) is 11.9. The lowest BCUT2D eigenvalue weighted by Gasteiger charge is -2.35. The third-order valence-corrected chi connectivity index (χ3v) is 10.3. The van der Waals surface area contributed by atoms with Gasteiger partial charge in [0.1, 0.15) is 0 Å². The van der Waals surface area contributed by atoms with Crippen LogP contribution in [0.4, 0.5) is 11.4 Å². The lowest BCUT2D eigenvalue weighted by molar-refractivity contribution is -0.166. The van der Waals surface area contributed by atoms with Gasteiger partial charge in [0.25, 0.3) is 11.8 Å². The van der Waals surface area contributed by atoms with E-state index in [4.69, 9.17) is 9.47 Å². The van der Waals surface area contributed by atoms with Crippen molar-refractivity contribution in [3.05, 3.63) is 24.3 Å². The standard InChI is InChI=1S/C26H32N2O6/c1-21(2)23(5)10-12-25(21,33-19(23)31)17(29)27-15-8-7-9-16(14-15)28-18(30)26-13-11-24(6,20(32)34-26)22(26,3)4/h7-9,14H,10-13H2,1-6H3,(H,27,29)(H,28,30). The molecule has 4 atom stereocenters. The Morgan fingerprint density at radius 3 is 1.38 bits per heavy atom. The molecule has 0 aromatic heterocycles. The topological polar surface area (TPSA) is 111 Å². The van der Waals surface area contributed by atoms with Crippen molar-refractivity contribution in [2.24, 2.45) is 21.7 Å². The third-order valence-electron chi connectivity index (χ3n) is 10.3. The molecule has 8 nitrogen and oxygen atoms in total. The Bertz CT molecular complexity index is 1070. The van der Waals surface area contributed by atoms with Gasteiger partial charge < -0.3 is 20.1 Å². The molecule has 1 aromatic carbocycles. The van der Waals surface area contributed by atoms with Crippen LogP contribution in [0.25, 0.3) is 0 Å². The van der Waals surface area contributed by atoms with Crippen LogP contribution in [0.3, 0.4) is 0 Å². The van der Waals surface area contributed by atoms with Gasteiger partial charge in [-0.2, -0.15) is 0 Å². The fraction of sp³-hybridized carbons (Fsp3) is 0.615. The molecule has 4 fully saturated rings. The Kier molecular flexibility index (Phi) is 4.31. The highest BCUT2D eigenvalue weighted by atomic mass is 16.6. The fourth-order valence-electron chi connectivity index (χ4n) is 6.63. The normalized spacial score (nSPS) is 38.4. The zero-order valence-electron chi connectivity index (χ0n) is 20.6. The molecule has 0 spiro atoms. The van der Waals surface area contributed by atoms with E-state index in [1.165, 1.54) is 0 Å². The van der Waals surface area contributed by atoms with Gasteiger partial charge >= 0.3 is 11.9 Å². The number of rotatable bonds is 4. The van der Waals surface area contributed by atoms with Gasteiger partial charge in [-0.05, 0) is 57.7 Å². The van der Waals surface area contributed by atoms with E-state index in [-0.39, 0.29) is 23.8 Å². The summed E-state index contributed by atoms with van der Waals surface area (Å²) < 4.78 is 11.3. The summed E-state index contributed by atoms with van der Waals surface area (Å²) in [6.45, 7) is 11.3. The van der Waals surface area contributed by atoms with Crippen LogP contribution in [0, 0.1) is 21.7 Å². The summed E-state index contributed by atoms with van der Waals surface area (Å²) >= 11 is 0. The molecule has 1 aromatic rings. The summed E-state index contributed by atoms with van der Waals surface area (Å²) in [7, 11) is 0. The molecule has 4 aliphatic rings. The highest BCUT2D eigenvalue weighted by molar-refractivity contribution is 6.05. The molecule has 34 heavy (non-hydrogen) atoms. The van der Waals surface area contributed by atoms with Gasteiger partial charge in [-0.3, -0.25) is 19.2 Å². The van der Waals surface area contributed by atoms with Crippen molar-refractivity contribution < 1.29 is 28.7 Å². The van der Waals surface area contributed by atoms with E-state index in [0.717, 1.165) is 0 Å². The summed E-state index contributed by atoms with van der Waals surface area (Å²) in [5.41, 5.74) is -4.21. The number of fused-ring (bicyclic) bond motifs is 4. The molecule has 2 N–H and O–H groups in total. The number of ether oxygens (including phenoxy) is 2. The largest absolute Gasteiger partial charge is 0.448 e. The Hall–Kier alpha value is -2.90. The van der Waals surface area contributed by atoms with Crippen LogP contribution >= 0.6 is 0 Å². The molecule has 2 saturated carbocycles. The van der Waals surface area contributed by atoms with Crippen molar-refractivity contribution in [3.8, 4) is 0 Å². The van der Waals surface area contributed by atoms with E-state index < -0.39 is 32.9 Å². The van der Waals surface area contributed by atoms with Crippen molar-refractivity contribution in [2.45, 2.75) is 78.4 Å². The van der Waals surface area contributed by atoms with Crippen molar-refractivity contribution in [3.63, 3.8) is 0 Å². The van der Waals surface area contributed by atoms with E-state index in [0.29, 0.717) is 37.1 Å². The van der Waals surface area contributed by atoms with Gasteiger partial charge in [0, 0.05) is 22.2 Å². The van der Waals surface area contributed by atoms with E-state index in [1.807, 2.05) is 41.5 Å². The second-order valence-electron chi connectivity index (χ2n) is 11.8. The first-order chi connectivity index (χ1) is 15.7. The van der Waals surface area contributed by atoms with E-state index >= 15 is 0 Å². The molecule has 2 saturated heterocycles. The molecule has 8 heteroatoms. The monoisotopic (exact) mass is 468 g/mol. The number of benzene rings is 1. The summed E-state index contributed by atoms with van der Waals surface area (Å²) in [4.78, 5) is 51.8. The predicted octanol–water partition coefficient (Wildman–Crippen LogP) is 3.81. The van der Waals surface area contributed by atoms with Gasteiger partial charge in [-0.25, -0.2) is 0 Å². The van der Waals surface area contributed by atoms with Crippen LogP contribution in [0.2, 0.25) is 0 Å². The van der Waals surface area contributed by atoms with E-state index in [1.54, 1.807) is 24.3 Å². The Labute approximate surface area is 199 Å². The lowest BCUT2D eigenvalue weighted by Crippen LogP contribution is -2.51. The second-order valence-corrected chi connectivity index (χ2v) is 11.8. The summed E-state index contributed by atoms with van der Waals surface area (Å²) in [6, 6.07) is 6.80. The van der Waals surface area contributed by atoms with Crippen LogP contribution in [-0.2, 0) is 28.7 Å². The van der Waals surface area contributed by atoms with Gasteiger partial charge in [-0.15, -0.1) is 0 Å². The van der Waals surface area contributed by atoms with Gasteiger partial charge in [-0.1, -0.05) is 33.8 Å². The number of nitrogens with one attached hydrogen (secondary N) is 2. The molecule has 2 amide bonds. The van der Waals surface area contributed by atoms with Gasteiger partial charge in [0.2, 0.25) is 0 Å². The average Bonchev–Trinajstić information content (AvgIpc) is 3.22. The third kappa shape index (κ3) is 2.34. The van der Waals surface area contributed by atoms with Gasteiger partial charge in [0.05, 0.1) is 10.8 Å². The molecule has 0 radical (unpaired) electrons. The summed E-state index contributed by atoms with van der Waals surface area (Å²) in [5, 5.41) is 5.77. The van der Waals surface area contributed by atoms with Crippen molar-refractivity contribution in [2.75, 3.05) is 10.6 Å². The molecule has 4 bridgehead atoms. The zero-order valence-corrected chi connectivity index (χ0v) is 20.6. The summed E-state index contributed by atoms with van der Waals surface area (Å²) in [6.07, 6.45) is 2.12. The molecule has 5 rings (SSSR count). The molecule has 2 aliphatic heterocycles. The number of hydrogen-bond acceptors (Lipinski definition) is 6. The Morgan fingerprint density at radius 2 is 1.09 bits per heavy atom. The maximum absolute atomic E-state index is 13.4. The van der Waals surface area contributed by atoms with Crippen molar-refractivity contribution >= 4 is 35.1 Å². The van der Waals surface area contributed by atoms with Crippen molar-refractivity contribution in [1.82, 2.24) is 0 Å². The van der Waals surface area contributed by atoms with Crippen LogP contribution in [-0.4, -0.2) is 35.0 Å². The molecular weight excluding hydrogens is 436 g/mol. The minimum atomic E-state index is -1.23. The number of anilines is 2. The Balaban J connectivity index is 1.36. The SMILES string of the molecule is CC12CCC(C(=O)Nc3cccc(NC(=O)C45CCC(C)(C(=O)O4)C5(C)C)c3)(OC1=O)C2(C)C. The maximum Gasteiger partial charge on any atom is 0.313 e. The first kappa shape index (κ1) is 22.9. The Morgan fingerprint density at radius 1 is 0.706 bits per heavy atom. The molecule has 2 heterocycles. The quantitative estimate of drug-likeness (QED) is 0.650. The van der Waals surface area contributed by atoms with Crippen LogP contribution in [0.5, 0.6) is 0 Å². The number of esters is 2. The van der Waals surface area contributed by atoms with E-state index in [9.17, 15) is 19.2 Å². The summed E-state index contributed by atoms with van der Waals surface area (Å²) in [5.74, 6) is -1.41. The van der Waals surface area contributed by atoms with Crippen LogP contribution in [0.15, 0.2) is 24.3 Å². The zero-order chi connectivity index (χ0) is 24.9. The molecule has 4 unspecified atom stereocenters. The minimum absolute atomic E-state index is 0.337. The fourth-order valence-corrected chi connectivity index (χ4v) is 6.63. The number of amides is 2. The smallest absolute Gasteiger partial charge is 0.313 e. The minimum Gasteiger partial charge on any atom is -0.448 e. The number of hydrogen-bond donors (Lipinski definition) is 2. The average molecular weight is 469 g/mol. The molecular formula is C26H32N2O6. The van der Waals surface area contributed by atoms with E-state index in [2.05, 4.69) is 10.6 Å². The van der Waals surface area contributed by atoms with Gasteiger partial charge in [0.15, 0.2) is 11.2 Å². The highest BCUT2D eigenvalue weighted by Crippen LogP contribution is 2.66. The van der Waals surface area contributed by atoms with Crippen LogP contribution < -0.4 is 10.6 Å². The van der Waals surface area contributed by atoms with Crippen LogP contribution in [0.1, 0.15) is 67.2 Å². The molecule has 2 aliphatic carbocycles. The predicted molar refractivity (Wildman–Crippen MR) is 124 cm³/mol. The first-order valence-electron chi connectivity index (χ1n) is 11.9. The lowest BCUT2D eigenvalue weighted by atomic mass is 9.66. The van der Waals surface area contributed by atoms with Crippen molar-refractivity contribution in [1.29, 1.82) is 0 Å². The number of carbonyl (C=O) groups excluding carboxylic acids is 4. The molecule has 182 valence electrons. The maximum atomic E-state index is 13.4. The highest BCUT2D eigenvalue weighted by Gasteiger charge is 2.76. The second kappa shape index (κ2) is 6.40.